The van der Waals surface area contributed by atoms with E-state index in [-0.39, 0.29) is 17.3 Å². The van der Waals surface area contributed by atoms with Gasteiger partial charge in [-0.1, -0.05) is 28.9 Å². The molecule has 0 saturated heterocycles. The highest BCUT2D eigenvalue weighted by molar-refractivity contribution is 6.33. The lowest BCUT2D eigenvalue weighted by atomic mass is 10.1. The van der Waals surface area contributed by atoms with Crippen LogP contribution in [0.5, 0.6) is 0 Å². The molecule has 0 fully saturated rings. The number of halogens is 1. The van der Waals surface area contributed by atoms with Crippen molar-refractivity contribution in [2.75, 3.05) is 0 Å². The lowest BCUT2D eigenvalue weighted by Crippen LogP contribution is -2.11. The van der Waals surface area contributed by atoms with E-state index in [1.165, 1.54) is 0 Å². The summed E-state index contributed by atoms with van der Waals surface area (Å²) in [4.78, 5) is 20.3. The van der Waals surface area contributed by atoms with Crippen molar-refractivity contribution in [3.05, 3.63) is 53.1 Å². The Labute approximate surface area is 136 Å². The molecule has 8 heteroatoms. The standard InChI is InChI=1S/C15H12ClN3O4/c1-8(14-18-9(2)19-23-14)22-15(20)12-13(21-7-17-12)10-5-3-4-6-11(10)16/h3-8H,1-2H3. The van der Waals surface area contributed by atoms with Gasteiger partial charge in [-0.05, 0) is 26.0 Å². The molecule has 1 atom stereocenters. The van der Waals surface area contributed by atoms with Crippen LogP contribution in [0.25, 0.3) is 11.3 Å². The van der Waals surface area contributed by atoms with Crippen LogP contribution in [0.15, 0.2) is 39.6 Å². The van der Waals surface area contributed by atoms with Gasteiger partial charge in [-0.15, -0.1) is 0 Å². The number of hydrogen-bond donors (Lipinski definition) is 0. The SMILES string of the molecule is Cc1noc(C(C)OC(=O)c2ncoc2-c2ccccc2Cl)n1. The summed E-state index contributed by atoms with van der Waals surface area (Å²) in [6, 6.07) is 6.98. The van der Waals surface area contributed by atoms with Crippen LogP contribution in [-0.4, -0.2) is 21.1 Å². The molecule has 3 aromatic rings. The number of benzene rings is 1. The van der Waals surface area contributed by atoms with Crippen molar-refractivity contribution in [2.45, 2.75) is 20.0 Å². The van der Waals surface area contributed by atoms with Gasteiger partial charge in [0.15, 0.2) is 29.8 Å². The summed E-state index contributed by atoms with van der Waals surface area (Å²) < 4.78 is 15.6. The third-order valence-corrected chi connectivity index (χ3v) is 3.38. The molecule has 7 nitrogen and oxygen atoms in total. The molecule has 0 radical (unpaired) electrons. The van der Waals surface area contributed by atoms with Gasteiger partial charge in [-0.25, -0.2) is 9.78 Å². The summed E-state index contributed by atoms with van der Waals surface area (Å²) >= 11 is 6.12. The summed E-state index contributed by atoms with van der Waals surface area (Å²) in [6.07, 6.45) is 0.455. The van der Waals surface area contributed by atoms with Crippen molar-refractivity contribution in [2.24, 2.45) is 0 Å². The van der Waals surface area contributed by atoms with E-state index >= 15 is 0 Å². The number of hydrogen-bond acceptors (Lipinski definition) is 7. The van der Waals surface area contributed by atoms with E-state index in [1.54, 1.807) is 38.1 Å². The van der Waals surface area contributed by atoms with E-state index in [9.17, 15) is 4.79 Å². The fourth-order valence-corrected chi connectivity index (χ4v) is 2.19. The van der Waals surface area contributed by atoms with Crippen molar-refractivity contribution < 1.29 is 18.5 Å². The monoisotopic (exact) mass is 333 g/mol. The second-order valence-corrected chi connectivity index (χ2v) is 5.14. The van der Waals surface area contributed by atoms with Crippen LogP contribution < -0.4 is 0 Å². The number of nitrogens with zero attached hydrogens (tertiary/aromatic N) is 3. The molecule has 118 valence electrons. The van der Waals surface area contributed by atoms with Gasteiger partial charge in [0.1, 0.15) is 0 Å². The smallest absolute Gasteiger partial charge is 0.361 e. The van der Waals surface area contributed by atoms with Crippen molar-refractivity contribution in [1.82, 2.24) is 15.1 Å². The van der Waals surface area contributed by atoms with Crippen LogP contribution in [0.2, 0.25) is 5.02 Å². The van der Waals surface area contributed by atoms with Crippen LogP contribution in [0.1, 0.15) is 35.2 Å². The van der Waals surface area contributed by atoms with Gasteiger partial charge in [0.25, 0.3) is 5.89 Å². The van der Waals surface area contributed by atoms with Crippen molar-refractivity contribution >= 4 is 17.6 Å². The summed E-state index contributed by atoms with van der Waals surface area (Å²) in [5.41, 5.74) is 0.584. The molecule has 0 aliphatic rings. The number of aromatic nitrogens is 3. The van der Waals surface area contributed by atoms with E-state index in [0.717, 1.165) is 6.39 Å². The normalized spacial score (nSPS) is 12.1. The van der Waals surface area contributed by atoms with E-state index in [1.807, 2.05) is 0 Å². The second-order valence-electron chi connectivity index (χ2n) is 4.74. The topological polar surface area (TPSA) is 91.2 Å². The summed E-state index contributed by atoms with van der Waals surface area (Å²) in [5, 5.41) is 4.10. The van der Waals surface area contributed by atoms with Crippen LogP contribution in [-0.2, 0) is 4.74 Å². The number of oxazole rings is 1. The molecule has 0 aliphatic carbocycles. The summed E-state index contributed by atoms with van der Waals surface area (Å²) in [5.74, 6) is 0.242. The maximum Gasteiger partial charge on any atom is 0.361 e. The molecule has 0 bridgehead atoms. The van der Waals surface area contributed by atoms with Gasteiger partial charge in [-0.3, -0.25) is 0 Å². The third kappa shape index (κ3) is 3.09. The lowest BCUT2D eigenvalue weighted by Gasteiger charge is -2.08. The Balaban J connectivity index is 1.84. The highest BCUT2D eigenvalue weighted by atomic mass is 35.5. The molecule has 2 aromatic heterocycles. The predicted octanol–water partition coefficient (Wildman–Crippen LogP) is 3.60. The minimum Gasteiger partial charge on any atom is -0.448 e. The van der Waals surface area contributed by atoms with Gasteiger partial charge in [0.2, 0.25) is 0 Å². The number of carbonyl (C=O) groups excluding carboxylic acids is 1. The first-order chi connectivity index (χ1) is 11.1. The zero-order valence-electron chi connectivity index (χ0n) is 12.3. The molecule has 23 heavy (non-hydrogen) atoms. The van der Waals surface area contributed by atoms with Crippen LogP contribution in [0, 0.1) is 6.92 Å². The molecule has 3 rings (SSSR count). The average molecular weight is 334 g/mol. The van der Waals surface area contributed by atoms with Crippen LogP contribution in [0.4, 0.5) is 0 Å². The lowest BCUT2D eigenvalue weighted by molar-refractivity contribution is 0.0260. The fraction of sp³-hybridized carbons (Fsp3) is 0.200. The van der Waals surface area contributed by atoms with Gasteiger partial charge < -0.3 is 13.7 Å². The van der Waals surface area contributed by atoms with Gasteiger partial charge in [0.05, 0.1) is 5.02 Å². The predicted molar refractivity (Wildman–Crippen MR) is 79.8 cm³/mol. The van der Waals surface area contributed by atoms with Crippen molar-refractivity contribution in [3.8, 4) is 11.3 Å². The van der Waals surface area contributed by atoms with Gasteiger partial charge in [0, 0.05) is 5.56 Å². The van der Waals surface area contributed by atoms with Crippen LogP contribution >= 0.6 is 11.6 Å². The molecular formula is C15H12ClN3O4. The zero-order valence-corrected chi connectivity index (χ0v) is 13.1. The first kappa shape index (κ1) is 15.2. The molecule has 0 N–H and O–H groups in total. The quantitative estimate of drug-likeness (QED) is 0.673. The first-order valence-electron chi connectivity index (χ1n) is 6.76. The first-order valence-corrected chi connectivity index (χ1v) is 7.13. The molecule has 1 unspecified atom stereocenters. The van der Waals surface area contributed by atoms with Crippen molar-refractivity contribution in [1.29, 1.82) is 0 Å². The van der Waals surface area contributed by atoms with Gasteiger partial charge in [-0.2, -0.15) is 4.98 Å². The molecule has 0 aliphatic heterocycles. The molecular weight excluding hydrogens is 322 g/mol. The second kappa shape index (κ2) is 6.21. The highest BCUT2D eigenvalue weighted by Gasteiger charge is 2.25. The maximum absolute atomic E-state index is 12.3. The molecule has 1 aromatic carbocycles. The molecule has 0 amide bonds. The Morgan fingerprint density at radius 2 is 2.13 bits per heavy atom. The Morgan fingerprint density at radius 3 is 2.83 bits per heavy atom. The molecule has 0 saturated carbocycles. The van der Waals surface area contributed by atoms with E-state index in [4.69, 9.17) is 25.3 Å². The van der Waals surface area contributed by atoms with E-state index < -0.39 is 12.1 Å². The number of ether oxygens (including phenoxy) is 1. The van der Waals surface area contributed by atoms with Crippen molar-refractivity contribution in [3.63, 3.8) is 0 Å². The van der Waals surface area contributed by atoms with Gasteiger partial charge >= 0.3 is 5.97 Å². The minimum absolute atomic E-state index is 0.0289. The van der Waals surface area contributed by atoms with E-state index in [0.29, 0.717) is 16.4 Å². The fourth-order valence-electron chi connectivity index (χ4n) is 1.97. The number of aryl methyl sites for hydroxylation is 1. The Bertz CT molecular complexity index is 843. The molecule has 2 heterocycles. The minimum atomic E-state index is -0.709. The largest absolute Gasteiger partial charge is 0.448 e. The molecule has 0 spiro atoms. The number of rotatable bonds is 4. The Morgan fingerprint density at radius 1 is 1.35 bits per heavy atom. The van der Waals surface area contributed by atoms with E-state index in [2.05, 4.69) is 15.1 Å². The average Bonchev–Trinajstić information content (AvgIpc) is 3.16. The third-order valence-electron chi connectivity index (χ3n) is 3.05. The highest BCUT2D eigenvalue weighted by Crippen LogP contribution is 2.31. The number of carbonyl (C=O) groups is 1. The Hall–Kier alpha value is -2.67. The summed E-state index contributed by atoms with van der Waals surface area (Å²) in [6.45, 7) is 3.30. The Kier molecular flexibility index (Phi) is 4.12. The number of esters is 1. The summed E-state index contributed by atoms with van der Waals surface area (Å²) in [7, 11) is 0. The maximum atomic E-state index is 12.3. The van der Waals surface area contributed by atoms with Crippen LogP contribution in [0.3, 0.4) is 0 Å². The zero-order chi connectivity index (χ0) is 16.4.